The molecule has 0 aromatic heterocycles. The summed E-state index contributed by atoms with van der Waals surface area (Å²) in [5.74, 6) is 0. The number of aryl methyl sites for hydroxylation is 1. The molecule has 0 amide bonds. The van der Waals surface area contributed by atoms with Crippen molar-refractivity contribution in [2.45, 2.75) is 19.4 Å². The summed E-state index contributed by atoms with van der Waals surface area (Å²) in [4.78, 5) is 5.18. The van der Waals surface area contributed by atoms with E-state index in [9.17, 15) is 0 Å². The van der Waals surface area contributed by atoms with Crippen LogP contribution in [0.5, 0.6) is 0 Å². The zero-order chi connectivity index (χ0) is 13.2. The van der Waals surface area contributed by atoms with E-state index < -0.39 is 0 Å². The van der Waals surface area contributed by atoms with Crippen molar-refractivity contribution in [1.29, 1.82) is 0 Å². The van der Waals surface area contributed by atoms with Crippen LogP contribution in [0.3, 0.4) is 0 Å². The quantitative estimate of drug-likeness (QED) is 0.900. The summed E-state index contributed by atoms with van der Waals surface area (Å²) >= 11 is 3.64. The second-order valence-electron chi connectivity index (χ2n) is 5.62. The molecule has 2 fully saturated rings. The van der Waals surface area contributed by atoms with Gasteiger partial charge in [-0.05, 0) is 31.0 Å². The van der Waals surface area contributed by atoms with Crippen LogP contribution in [0.1, 0.15) is 12.0 Å². The molecule has 2 saturated heterocycles. The average Bonchev–Trinajstić information content (AvgIpc) is 2.57. The van der Waals surface area contributed by atoms with Gasteiger partial charge in [-0.15, -0.1) is 0 Å². The first kappa shape index (κ1) is 13.4. The normalized spacial score (nSPS) is 22.1. The van der Waals surface area contributed by atoms with E-state index >= 15 is 0 Å². The van der Waals surface area contributed by atoms with Crippen LogP contribution in [-0.2, 0) is 0 Å². The number of hydrogen-bond acceptors (Lipinski definition) is 3. The van der Waals surface area contributed by atoms with Crippen LogP contribution in [0.25, 0.3) is 0 Å². The summed E-state index contributed by atoms with van der Waals surface area (Å²) in [7, 11) is 0. The van der Waals surface area contributed by atoms with Gasteiger partial charge < -0.3 is 10.2 Å². The molecule has 0 saturated carbocycles. The summed E-state index contributed by atoms with van der Waals surface area (Å²) in [5, 5.41) is 3.37. The first-order valence-electron chi connectivity index (χ1n) is 7.20. The van der Waals surface area contributed by atoms with Crippen LogP contribution in [-0.4, -0.2) is 50.2 Å². The van der Waals surface area contributed by atoms with Gasteiger partial charge in [-0.2, -0.15) is 0 Å². The molecule has 19 heavy (non-hydrogen) atoms. The minimum Gasteiger partial charge on any atom is -0.370 e. The van der Waals surface area contributed by atoms with E-state index in [-0.39, 0.29) is 0 Å². The van der Waals surface area contributed by atoms with E-state index in [1.54, 1.807) is 0 Å². The summed E-state index contributed by atoms with van der Waals surface area (Å²) in [6, 6.07) is 7.50. The van der Waals surface area contributed by atoms with Crippen LogP contribution in [0.2, 0.25) is 0 Å². The van der Waals surface area contributed by atoms with Crippen LogP contribution in [0.15, 0.2) is 22.7 Å². The Morgan fingerprint density at radius 1 is 1.16 bits per heavy atom. The van der Waals surface area contributed by atoms with Gasteiger partial charge in [0, 0.05) is 55.5 Å². The highest BCUT2D eigenvalue weighted by molar-refractivity contribution is 9.10. The molecular formula is C15H22BrN3. The minimum absolute atomic E-state index is 0.782. The van der Waals surface area contributed by atoms with Crippen molar-refractivity contribution >= 4 is 21.6 Å². The molecule has 0 bridgehead atoms. The van der Waals surface area contributed by atoms with E-state index in [0.717, 1.165) is 12.6 Å². The highest BCUT2D eigenvalue weighted by atomic mass is 79.9. The predicted octanol–water partition coefficient (Wildman–Crippen LogP) is 2.24. The van der Waals surface area contributed by atoms with Gasteiger partial charge >= 0.3 is 0 Å². The van der Waals surface area contributed by atoms with Crippen LogP contribution in [0, 0.1) is 6.92 Å². The molecule has 0 atom stereocenters. The minimum atomic E-state index is 0.782. The fourth-order valence-electron chi connectivity index (χ4n) is 2.87. The lowest BCUT2D eigenvalue weighted by Crippen LogP contribution is -2.57. The van der Waals surface area contributed by atoms with Crippen LogP contribution in [0.4, 0.5) is 5.69 Å². The third kappa shape index (κ3) is 2.96. The molecule has 0 radical (unpaired) electrons. The van der Waals surface area contributed by atoms with Gasteiger partial charge in [-0.1, -0.05) is 22.0 Å². The lowest BCUT2D eigenvalue weighted by atomic mass is 10.1. The number of rotatable bonds is 2. The third-order valence-corrected chi connectivity index (χ3v) is 5.18. The van der Waals surface area contributed by atoms with Crippen molar-refractivity contribution in [2.75, 3.05) is 44.2 Å². The molecule has 2 aliphatic rings. The van der Waals surface area contributed by atoms with Crippen molar-refractivity contribution in [3.05, 3.63) is 28.2 Å². The molecule has 1 aromatic carbocycles. The molecule has 104 valence electrons. The van der Waals surface area contributed by atoms with Crippen molar-refractivity contribution < 1.29 is 0 Å². The maximum absolute atomic E-state index is 3.64. The van der Waals surface area contributed by atoms with Gasteiger partial charge in [-0.3, -0.25) is 4.90 Å². The summed E-state index contributed by atoms with van der Waals surface area (Å²) in [6.45, 7) is 9.25. The van der Waals surface area contributed by atoms with Gasteiger partial charge in [0.25, 0.3) is 0 Å². The van der Waals surface area contributed by atoms with Crippen LogP contribution >= 0.6 is 15.9 Å². The topological polar surface area (TPSA) is 18.5 Å². The zero-order valence-electron chi connectivity index (χ0n) is 11.5. The average molecular weight is 324 g/mol. The van der Waals surface area contributed by atoms with Crippen molar-refractivity contribution in [3.8, 4) is 0 Å². The number of anilines is 1. The second-order valence-corrected chi connectivity index (χ2v) is 6.48. The Labute approximate surface area is 124 Å². The Morgan fingerprint density at radius 3 is 2.68 bits per heavy atom. The number of hydrogen-bond donors (Lipinski definition) is 1. The Bertz CT molecular complexity index is 445. The van der Waals surface area contributed by atoms with Gasteiger partial charge in [-0.25, -0.2) is 0 Å². The molecule has 0 aliphatic carbocycles. The first-order chi connectivity index (χ1) is 9.24. The van der Waals surface area contributed by atoms with E-state index in [0.29, 0.717) is 0 Å². The smallest absolute Gasteiger partial charge is 0.0378 e. The van der Waals surface area contributed by atoms with Gasteiger partial charge in [0.1, 0.15) is 0 Å². The van der Waals surface area contributed by atoms with Crippen LogP contribution < -0.4 is 10.2 Å². The molecule has 4 heteroatoms. The zero-order valence-corrected chi connectivity index (χ0v) is 13.1. The molecular weight excluding hydrogens is 302 g/mol. The van der Waals surface area contributed by atoms with Gasteiger partial charge in [0.05, 0.1) is 0 Å². The van der Waals surface area contributed by atoms with E-state index in [4.69, 9.17) is 0 Å². The predicted molar refractivity (Wildman–Crippen MR) is 83.9 cm³/mol. The molecule has 3 rings (SSSR count). The third-order valence-electron chi connectivity index (χ3n) is 4.33. The number of benzene rings is 1. The van der Waals surface area contributed by atoms with Gasteiger partial charge in [0.15, 0.2) is 0 Å². The van der Waals surface area contributed by atoms with Crippen molar-refractivity contribution in [2.24, 2.45) is 0 Å². The SMILES string of the molecule is Cc1ccc(N2CCCN(C3CNC3)CC2)cc1Br. The summed E-state index contributed by atoms with van der Waals surface area (Å²) < 4.78 is 1.22. The Balaban J connectivity index is 1.66. The Morgan fingerprint density at radius 2 is 2.00 bits per heavy atom. The van der Waals surface area contributed by atoms with E-state index in [2.05, 4.69) is 56.2 Å². The fourth-order valence-corrected chi connectivity index (χ4v) is 3.24. The maximum Gasteiger partial charge on any atom is 0.0378 e. The highest BCUT2D eigenvalue weighted by Crippen LogP contribution is 2.24. The lowest BCUT2D eigenvalue weighted by molar-refractivity contribution is 0.155. The number of nitrogens with one attached hydrogen (secondary N) is 1. The van der Waals surface area contributed by atoms with E-state index in [1.807, 2.05) is 0 Å². The Kier molecular flexibility index (Phi) is 4.10. The number of nitrogens with zero attached hydrogens (tertiary/aromatic N) is 2. The molecule has 0 spiro atoms. The highest BCUT2D eigenvalue weighted by Gasteiger charge is 2.26. The summed E-state index contributed by atoms with van der Waals surface area (Å²) in [5.41, 5.74) is 2.66. The van der Waals surface area contributed by atoms with Crippen molar-refractivity contribution in [1.82, 2.24) is 10.2 Å². The van der Waals surface area contributed by atoms with E-state index in [1.165, 1.54) is 54.9 Å². The molecule has 0 unspecified atom stereocenters. The number of halogens is 1. The maximum atomic E-state index is 3.64. The Hall–Kier alpha value is -0.580. The molecule has 2 heterocycles. The monoisotopic (exact) mass is 323 g/mol. The standard InChI is InChI=1S/C15H22BrN3/c1-12-3-4-13(9-15(12)16)18-5-2-6-19(8-7-18)14-10-17-11-14/h3-4,9,14,17H,2,5-8,10-11H2,1H3. The second kappa shape index (κ2) is 5.81. The lowest BCUT2D eigenvalue weighted by Gasteiger charge is -2.37. The first-order valence-corrected chi connectivity index (χ1v) is 7.99. The van der Waals surface area contributed by atoms with Crippen molar-refractivity contribution in [3.63, 3.8) is 0 Å². The molecule has 2 aliphatic heterocycles. The molecule has 1 N–H and O–H groups in total. The summed E-state index contributed by atoms with van der Waals surface area (Å²) in [6.07, 6.45) is 1.27. The van der Waals surface area contributed by atoms with Gasteiger partial charge in [0.2, 0.25) is 0 Å². The fraction of sp³-hybridized carbons (Fsp3) is 0.600. The largest absolute Gasteiger partial charge is 0.370 e. The molecule has 3 nitrogen and oxygen atoms in total. The molecule has 1 aromatic rings.